The normalized spacial score (nSPS) is 12.3. The Hall–Kier alpha value is -2.94. The highest BCUT2D eigenvalue weighted by Gasteiger charge is 2.27. The van der Waals surface area contributed by atoms with E-state index in [0.717, 1.165) is 17.4 Å². The SMILES string of the molecule is Cc1cccc(N(CCCC(=O)N(Cc2ccc(F)cc2)[C@@H](C)C(=O)NC(C)C)S(C)(=O)=O)c1C. The molecular weight excluding hydrogens is 469 g/mol. The van der Waals surface area contributed by atoms with Gasteiger partial charge in [-0.1, -0.05) is 24.3 Å². The van der Waals surface area contributed by atoms with E-state index in [2.05, 4.69) is 5.32 Å². The molecule has 2 amide bonds. The van der Waals surface area contributed by atoms with Gasteiger partial charge in [0.15, 0.2) is 0 Å². The standard InChI is InChI=1S/C26H36FN3O4S/c1-18(2)28-26(32)21(5)29(17-22-12-14-23(27)15-13-22)25(31)11-8-16-30(35(6,33)34)24-10-7-9-19(3)20(24)4/h7,9-10,12-15,18,21H,8,11,16-17H2,1-6H3,(H,28,32)/t21-/m0/s1. The Balaban J connectivity index is 2.20. The predicted molar refractivity (Wildman–Crippen MR) is 137 cm³/mol. The van der Waals surface area contributed by atoms with Crippen molar-refractivity contribution in [2.24, 2.45) is 0 Å². The number of halogens is 1. The quantitative estimate of drug-likeness (QED) is 0.501. The number of carbonyl (C=O) groups is 2. The number of hydrogen-bond donors (Lipinski definition) is 1. The van der Waals surface area contributed by atoms with Gasteiger partial charge in [-0.25, -0.2) is 12.8 Å². The van der Waals surface area contributed by atoms with Gasteiger partial charge >= 0.3 is 0 Å². The first-order valence-corrected chi connectivity index (χ1v) is 13.5. The smallest absolute Gasteiger partial charge is 0.242 e. The van der Waals surface area contributed by atoms with Crippen LogP contribution in [0.2, 0.25) is 0 Å². The highest BCUT2D eigenvalue weighted by atomic mass is 32.2. The van der Waals surface area contributed by atoms with Gasteiger partial charge in [0.25, 0.3) is 0 Å². The third-order valence-electron chi connectivity index (χ3n) is 5.86. The second kappa shape index (κ2) is 12.2. The van der Waals surface area contributed by atoms with Crippen LogP contribution in [-0.2, 0) is 26.2 Å². The number of anilines is 1. The summed E-state index contributed by atoms with van der Waals surface area (Å²) in [6.07, 6.45) is 1.48. The fourth-order valence-electron chi connectivity index (χ4n) is 3.76. The summed E-state index contributed by atoms with van der Waals surface area (Å²) in [6, 6.07) is 10.4. The van der Waals surface area contributed by atoms with Crippen molar-refractivity contribution in [3.63, 3.8) is 0 Å². The summed E-state index contributed by atoms with van der Waals surface area (Å²) >= 11 is 0. The Labute approximate surface area is 208 Å². The molecule has 0 saturated carbocycles. The number of aryl methyl sites for hydroxylation is 1. The van der Waals surface area contributed by atoms with Gasteiger partial charge in [-0.3, -0.25) is 13.9 Å². The molecule has 2 aromatic carbocycles. The van der Waals surface area contributed by atoms with Crippen molar-refractivity contribution < 1.29 is 22.4 Å². The van der Waals surface area contributed by atoms with E-state index >= 15 is 0 Å². The summed E-state index contributed by atoms with van der Waals surface area (Å²) in [4.78, 5) is 27.3. The van der Waals surface area contributed by atoms with Gasteiger partial charge in [0.05, 0.1) is 11.9 Å². The number of nitrogens with zero attached hydrogens (tertiary/aromatic N) is 2. The second-order valence-electron chi connectivity index (χ2n) is 9.15. The molecule has 0 radical (unpaired) electrons. The first-order valence-electron chi connectivity index (χ1n) is 11.7. The average molecular weight is 506 g/mol. The molecule has 2 aromatic rings. The lowest BCUT2D eigenvalue weighted by Crippen LogP contribution is -2.49. The first kappa shape index (κ1) is 28.3. The van der Waals surface area contributed by atoms with E-state index in [4.69, 9.17) is 0 Å². The van der Waals surface area contributed by atoms with Gasteiger partial charge < -0.3 is 10.2 Å². The van der Waals surface area contributed by atoms with E-state index in [1.54, 1.807) is 31.2 Å². The Morgan fingerprint density at radius 3 is 2.23 bits per heavy atom. The van der Waals surface area contributed by atoms with E-state index in [0.29, 0.717) is 11.3 Å². The number of sulfonamides is 1. The average Bonchev–Trinajstić information content (AvgIpc) is 2.76. The molecule has 0 aliphatic carbocycles. The second-order valence-corrected chi connectivity index (χ2v) is 11.1. The highest BCUT2D eigenvalue weighted by Crippen LogP contribution is 2.25. The zero-order valence-corrected chi connectivity index (χ0v) is 22.2. The first-order chi connectivity index (χ1) is 16.3. The monoisotopic (exact) mass is 505 g/mol. The molecule has 1 atom stereocenters. The summed E-state index contributed by atoms with van der Waals surface area (Å²) < 4.78 is 39.7. The predicted octanol–water partition coefficient (Wildman–Crippen LogP) is 3.93. The molecule has 0 saturated heterocycles. The van der Waals surface area contributed by atoms with Crippen LogP contribution in [0.5, 0.6) is 0 Å². The molecule has 35 heavy (non-hydrogen) atoms. The van der Waals surface area contributed by atoms with Gasteiger partial charge in [0.2, 0.25) is 21.8 Å². The summed E-state index contributed by atoms with van der Waals surface area (Å²) in [7, 11) is -3.56. The van der Waals surface area contributed by atoms with Crippen molar-refractivity contribution in [3.8, 4) is 0 Å². The van der Waals surface area contributed by atoms with Crippen LogP contribution in [0.1, 0.15) is 50.3 Å². The Bertz CT molecular complexity index is 1130. The lowest BCUT2D eigenvalue weighted by atomic mass is 10.1. The van der Waals surface area contributed by atoms with Crippen LogP contribution in [-0.4, -0.2) is 50.0 Å². The lowest BCUT2D eigenvalue weighted by Gasteiger charge is -2.30. The van der Waals surface area contributed by atoms with E-state index in [9.17, 15) is 22.4 Å². The van der Waals surface area contributed by atoms with Crippen LogP contribution >= 0.6 is 0 Å². The minimum absolute atomic E-state index is 0.0530. The number of nitrogens with one attached hydrogen (secondary N) is 1. The molecular formula is C26H36FN3O4S. The third kappa shape index (κ3) is 8.06. The van der Waals surface area contributed by atoms with Crippen LogP contribution in [0.4, 0.5) is 10.1 Å². The van der Waals surface area contributed by atoms with Crippen molar-refractivity contribution >= 4 is 27.5 Å². The van der Waals surface area contributed by atoms with Gasteiger partial charge in [-0.2, -0.15) is 0 Å². The van der Waals surface area contributed by atoms with E-state index in [1.807, 2.05) is 33.8 Å². The largest absolute Gasteiger partial charge is 0.352 e. The van der Waals surface area contributed by atoms with Gasteiger partial charge in [-0.05, 0) is 75.9 Å². The third-order valence-corrected chi connectivity index (χ3v) is 7.04. The molecule has 192 valence electrons. The molecule has 0 bridgehead atoms. The number of amides is 2. The van der Waals surface area contributed by atoms with E-state index < -0.39 is 16.1 Å². The Kier molecular flexibility index (Phi) is 9.82. The van der Waals surface area contributed by atoms with Crippen molar-refractivity contribution in [1.29, 1.82) is 0 Å². The summed E-state index contributed by atoms with van der Waals surface area (Å²) in [5, 5.41) is 2.82. The molecule has 9 heteroatoms. The van der Waals surface area contributed by atoms with Crippen molar-refractivity contribution in [1.82, 2.24) is 10.2 Å². The molecule has 0 aliphatic rings. The number of rotatable bonds is 11. The van der Waals surface area contributed by atoms with Crippen LogP contribution in [0, 0.1) is 19.7 Å². The summed E-state index contributed by atoms with van der Waals surface area (Å²) in [5.41, 5.74) is 3.12. The molecule has 0 aromatic heterocycles. The minimum atomic E-state index is -3.56. The summed E-state index contributed by atoms with van der Waals surface area (Å²) in [5.74, 6) is -0.955. The molecule has 0 spiro atoms. The van der Waals surface area contributed by atoms with Crippen molar-refractivity contribution in [2.75, 3.05) is 17.1 Å². The fraction of sp³-hybridized carbons (Fsp3) is 0.462. The van der Waals surface area contributed by atoms with Gasteiger partial charge in [0, 0.05) is 25.6 Å². The summed E-state index contributed by atoms with van der Waals surface area (Å²) in [6.45, 7) is 9.38. The lowest BCUT2D eigenvalue weighted by molar-refractivity contribution is -0.140. The van der Waals surface area contributed by atoms with Crippen LogP contribution in [0.15, 0.2) is 42.5 Å². The molecule has 7 nitrogen and oxygen atoms in total. The number of carbonyl (C=O) groups excluding carboxylic acids is 2. The molecule has 0 aliphatic heterocycles. The topological polar surface area (TPSA) is 86.8 Å². The Morgan fingerprint density at radius 1 is 1.03 bits per heavy atom. The molecule has 0 fully saturated rings. The van der Waals surface area contributed by atoms with Gasteiger partial charge in [-0.15, -0.1) is 0 Å². The van der Waals surface area contributed by atoms with Crippen LogP contribution < -0.4 is 9.62 Å². The fourth-order valence-corrected chi connectivity index (χ4v) is 4.78. The zero-order valence-electron chi connectivity index (χ0n) is 21.3. The Morgan fingerprint density at radius 2 is 1.66 bits per heavy atom. The molecule has 1 N–H and O–H groups in total. The van der Waals surface area contributed by atoms with Crippen LogP contribution in [0.25, 0.3) is 0 Å². The molecule has 2 rings (SSSR count). The maximum absolute atomic E-state index is 13.3. The van der Waals surface area contributed by atoms with E-state index in [1.165, 1.54) is 21.3 Å². The van der Waals surface area contributed by atoms with Crippen LogP contribution in [0.3, 0.4) is 0 Å². The molecule has 0 heterocycles. The maximum atomic E-state index is 13.3. The number of benzene rings is 2. The van der Waals surface area contributed by atoms with E-state index in [-0.39, 0.29) is 49.6 Å². The zero-order chi connectivity index (χ0) is 26.3. The molecule has 0 unspecified atom stereocenters. The number of hydrogen-bond acceptors (Lipinski definition) is 4. The maximum Gasteiger partial charge on any atom is 0.242 e. The van der Waals surface area contributed by atoms with Crippen molar-refractivity contribution in [3.05, 3.63) is 65.0 Å². The minimum Gasteiger partial charge on any atom is -0.352 e. The van der Waals surface area contributed by atoms with Crippen molar-refractivity contribution in [2.45, 2.75) is 66.1 Å². The highest BCUT2D eigenvalue weighted by molar-refractivity contribution is 7.92. The van der Waals surface area contributed by atoms with Gasteiger partial charge in [0.1, 0.15) is 11.9 Å².